The van der Waals surface area contributed by atoms with Gasteiger partial charge < -0.3 is 19.1 Å². The first-order valence-electron chi connectivity index (χ1n) is 11.7. The number of nitrogens with zero attached hydrogens (tertiary/aromatic N) is 6. The zero-order chi connectivity index (χ0) is 22.1. The highest BCUT2D eigenvalue weighted by atomic mass is 35.5. The highest BCUT2D eigenvalue weighted by Crippen LogP contribution is 2.34. The number of benzene rings is 1. The molecule has 0 saturated carbocycles. The van der Waals surface area contributed by atoms with E-state index < -0.39 is 0 Å². The summed E-state index contributed by atoms with van der Waals surface area (Å²) >= 11 is 6.62. The summed E-state index contributed by atoms with van der Waals surface area (Å²) in [7, 11) is 0. The van der Waals surface area contributed by atoms with Crippen molar-refractivity contribution >= 4 is 41.0 Å². The lowest BCUT2D eigenvalue weighted by Crippen LogP contribution is -2.46. The van der Waals surface area contributed by atoms with Gasteiger partial charge in [-0.25, -0.2) is 15.0 Å². The number of hydrogen-bond acceptors (Lipinski definition) is 6. The molecule has 0 aliphatic carbocycles. The minimum atomic E-state index is 0. The molecule has 3 aromatic rings. The van der Waals surface area contributed by atoms with Gasteiger partial charge in [-0.1, -0.05) is 30.7 Å². The molecule has 2 saturated heterocycles. The number of halogens is 2. The summed E-state index contributed by atoms with van der Waals surface area (Å²) in [6, 6.07) is 7.93. The largest absolute Gasteiger partial charge is 0.381 e. The van der Waals surface area contributed by atoms with Crippen LogP contribution in [0, 0.1) is 12.8 Å². The van der Waals surface area contributed by atoms with E-state index in [4.69, 9.17) is 31.3 Å². The SMILES string of the molecule is CCN1CCN(c2nc(C)nc3c2nc(-c2ccccc2Cl)n3CC2CCCOC2)CC1.Cl. The van der Waals surface area contributed by atoms with Crippen LogP contribution >= 0.6 is 24.0 Å². The van der Waals surface area contributed by atoms with Crippen LogP contribution in [0.15, 0.2) is 24.3 Å². The Morgan fingerprint density at radius 2 is 1.88 bits per heavy atom. The van der Waals surface area contributed by atoms with Crippen LogP contribution in [0.25, 0.3) is 22.6 Å². The molecule has 1 atom stereocenters. The van der Waals surface area contributed by atoms with E-state index in [1.54, 1.807) is 0 Å². The van der Waals surface area contributed by atoms with E-state index in [9.17, 15) is 0 Å². The molecule has 2 aliphatic heterocycles. The predicted molar refractivity (Wildman–Crippen MR) is 136 cm³/mol. The van der Waals surface area contributed by atoms with E-state index in [0.717, 1.165) is 99.5 Å². The first kappa shape index (κ1) is 24.2. The molecule has 0 bridgehead atoms. The average molecular weight is 491 g/mol. The van der Waals surface area contributed by atoms with Crippen LogP contribution in [0.4, 0.5) is 5.82 Å². The van der Waals surface area contributed by atoms with Crippen molar-refractivity contribution in [2.75, 3.05) is 50.8 Å². The van der Waals surface area contributed by atoms with Crippen molar-refractivity contribution < 1.29 is 4.74 Å². The average Bonchev–Trinajstić information content (AvgIpc) is 3.17. The van der Waals surface area contributed by atoms with Crippen molar-refractivity contribution in [1.29, 1.82) is 0 Å². The fraction of sp³-hybridized carbons (Fsp3) is 0.542. The number of rotatable bonds is 5. The molecule has 178 valence electrons. The zero-order valence-corrected chi connectivity index (χ0v) is 20.9. The molecule has 2 aliphatic rings. The van der Waals surface area contributed by atoms with Crippen LogP contribution in [0.2, 0.25) is 5.02 Å². The number of imidazole rings is 1. The first-order chi connectivity index (χ1) is 15.6. The van der Waals surface area contributed by atoms with Crippen LogP contribution in [0.5, 0.6) is 0 Å². The van der Waals surface area contributed by atoms with E-state index in [1.807, 2.05) is 31.2 Å². The molecule has 0 amide bonds. The molecule has 9 heteroatoms. The van der Waals surface area contributed by atoms with Gasteiger partial charge in [-0.2, -0.15) is 0 Å². The van der Waals surface area contributed by atoms with Crippen molar-refractivity contribution in [2.45, 2.75) is 33.2 Å². The van der Waals surface area contributed by atoms with E-state index >= 15 is 0 Å². The van der Waals surface area contributed by atoms with Crippen LogP contribution in [-0.4, -0.2) is 70.4 Å². The third kappa shape index (κ3) is 4.97. The third-order valence-electron chi connectivity index (χ3n) is 6.62. The van der Waals surface area contributed by atoms with Crippen LogP contribution in [0.3, 0.4) is 0 Å². The van der Waals surface area contributed by atoms with Gasteiger partial charge in [0, 0.05) is 50.8 Å². The highest BCUT2D eigenvalue weighted by Gasteiger charge is 2.26. The monoisotopic (exact) mass is 490 g/mol. The fourth-order valence-electron chi connectivity index (χ4n) is 4.82. The van der Waals surface area contributed by atoms with Crippen molar-refractivity contribution in [2.24, 2.45) is 5.92 Å². The normalized spacial score (nSPS) is 19.6. The summed E-state index contributed by atoms with van der Waals surface area (Å²) in [4.78, 5) is 19.7. The van der Waals surface area contributed by atoms with Gasteiger partial charge in [0.1, 0.15) is 11.6 Å². The molecule has 5 rings (SSSR count). The number of aryl methyl sites for hydroxylation is 1. The van der Waals surface area contributed by atoms with Crippen LogP contribution in [-0.2, 0) is 11.3 Å². The van der Waals surface area contributed by atoms with E-state index in [2.05, 4.69) is 21.3 Å². The Hall–Kier alpha value is -1.93. The smallest absolute Gasteiger partial charge is 0.166 e. The predicted octanol–water partition coefficient (Wildman–Crippen LogP) is 4.45. The maximum Gasteiger partial charge on any atom is 0.166 e. The lowest BCUT2D eigenvalue weighted by Gasteiger charge is -2.34. The van der Waals surface area contributed by atoms with Gasteiger partial charge in [-0.05, 0) is 38.4 Å². The maximum atomic E-state index is 6.62. The molecular weight excluding hydrogens is 459 g/mol. The van der Waals surface area contributed by atoms with Crippen LogP contribution in [0.1, 0.15) is 25.6 Å². The number of anilines is 1. The molecule has 1 unspecified atom stereocenters. The second-order valence-corrected chi connectivity index (χ2v) is 9.20. The molecule has 2 aromatic heterocycles. The Balaban J connectivity index is 0.00000259. The Bertz CT molecular complexity index is 1090. The molecule has 0 spiro atoms. The Kier molecular flexibility index (Phi) is 7.74. The summed E-state index contributed by atoms with van der Waals surface area (Å²) in [6.45, 7) is 11.7. The molecule has 4 heterocycles. The van der Waals surface area contributed by atoms with Gasteiger partial charge in [0.15, 0.2) is 17.0 Å². The van der Waals surface area contributed by atoms with Crippen molar-refractivity contribution in [3.63, 3.8) is 0 Å². The summed E-state index contributed by atoms with van der Waals surface area (Å²) < 4.78 is 8.02. The summed E-state index contributed by atoms with van der Waals surface area (Å²) in [6.07, 6.45) is 2.25. The lowest BCUT2D eigenvalue weighted by molar-refractivity contribution is 0.0489. The number of likely N-dealkylation sites (N-methyl/N-ethyl adjacent to an activating group) is 1. The lowest BCUT2D eigenvalue weighted by atomic mass is 10.0. The standard InChI is InChI=1S/C24H31ClN6O.ClH/c1-3-29-10-12-30(13-11-29)23-21-24(27-17(2)26-23)31(15-18-7-6-14-32-16-18)22(28-21)19-8-4-5-9-20(19)25;/h4-5,8-9,18H,3,6-7,10-16H2,1-2H3;1H. The molecular formula is C24H32Cl2N6O. The quantitative estimate of drug-likeness (QED) is 0.526. The number of hydrogen-bond donors (Lipinski definition) is 0. The Morgan fingerprint density at radius 1 is 1.09 bits per heavy atom. The number of fused-ring (bicyclic) bond motifs is 1. The first-order valence-corrected chi connectivity index (χ1v) is 12.1. The third-order valence-corrected chi connectivity index (χ3v) is 6.95. The number of aromatic nitrogens is 4. The molecule has 33 heavy (non-hydrogen) atoms. The minimum Gasteiger partial charge on any atom is -0.381 e. The molecule has 1 aromatic carbocycles. The van der Waals surface area contributed by atoms with Gasteiger partial charge in [0.2, 0.25) is 0 Å². The molecule has 0 N–H and O–H groups in total. The Morgan fingerprint density at radius 3 is 2.58 bits per heavy atom. The minimum absolute atomic E-state index is 0. The zero-order valence-electron chi connectivity index (χ0n) is 19.3. The van der Waals surface area contributed by atoms with Gasteiger partial charge in [-0.3, -0.25) is 0 Å². The second-order valence-electron chi connectivity index (χ2n) is 8.80. The number of piperazine rings is 1. The maximum absolute atomic E-state index is 6.62. The van der Waals surface area contributed by atoms with Crippen molar-refractivity contribution in [3.05, 3.63) is 35.1 Å². The van der Waals surface area contributed by atoms with Crippen molar-refractivity contribution in [1.82, 2.24) is 24.4 Å². The fourth-order valence-corrected chi connectivity index (χ4v) is 5.04. The van der Waals surface area contributed by atoms with E-state index in [-0.39, 0.29) is 12.4 Å². The highest BCUT2D eigenvalue weighted by molar-refractivity contribution is 6.33. The van der Waals surface area contributed by atoms with Crippen molar-refractivity contribution in [3.8, 4) is 11.4 Å². The second kappa shape index (κ2) is 10.6. The molecule has 0 radical (unpaired) electrons. The Labute approximate surface area is 206 Å². The van der Waals surface area contributed by atoms with Gasteiger partial charge in [0.05, 0.1) is 11.6 Å². The molecule has 7 nitrogen and oxygen atoms in total. The van der Waals surface area contributed by atoms with E-state index in [1.165, 1.54) is 0 Å². The number of ether oxygens (including phenoxy) is 1. The summed E-state index contributed by atoms with van der Waals surface area (Å²) in [5.41, 5.74) is 2.70. The van der Waals surface area contributed by atoms with Gasteiger partial charge in [0.25, 0.3) is 0 Å². The topological polar surface area (TPSA) is 59.3 Å². The molecule has 2 fully saturated rings. The van der Waals surface area contributed by atoms with Crippen LogP contribution < -0.4 is 4.90 Å². The van der Waals surface area contributed by atoms with E-state index in [0.29, 0.717) is 10.9 Å². The van der Waals surface area contributed by atoms with Gasteiger partial charge in [-0.15, -0.1) is 12.4 Å². The van der Waals surface area contributed by atoms with Gasteiger partial charge >= 0.3 is 0 Å². The summed E-state index contributed by atoms with van der Waals surface area (Å²) in [5, 5.41) is 0.701. The summed E-state index contributed by atoms with van der Waals surface area (Å²) in [5.74, 6) is 3.02.